The lowest BCUT2D eigenvalue weighted by Gasteiger charge is -2.15. The zero-order valence-electron chi connectivity index (χ0n) is 13.5. The second-order valence-corrected chi connectivity index (χ2v) is 7.93. The summed E-state index contributed by atoms with van der Waals surface area (Å²) in [5.41, 5.74) is 1.52. The van der Waals surface area contributed by atoms with Crippen LogP contribution in [0.2, 0.25) is 0 Å². The van der Waals surface area contributed by atoms with Crippen molar-refractivity contribution in [1.82, 2.24) is 10.3 Å². The third kappa shape index (κ3) is 3.63. The van der Waals surface area contributed by atoms with Gasteiger partial charge in [0.2, 0.25) is 0 Å². The van der Waals surface area contributed by atoms with Crippen LogP contribution in [-0.4, -0.2) is 15.2 Å². The van der Waals surface area contributed by atoms with Gasteiger partial charge in [0.1, 0.15) is 10.1 Å². The lowest BCUT2D eigenvalue weighted by Crippen LogP contribution is -2.17. The Morgan fingerprint density at radius 3 is 2.92 bits per heavy atom. The Kier molecular flexibility index (Phi) is 4.60. The van der Waals surface area contributed by atoms with Crippen molar-refractivity contribution < 1.29 is 9.21 Å². The van der Waals surface area contributed by atoms with Gasteiger partial charge in [0.05, 0.1) is 10.5 Å². The molecule has 0 unspecified atom stereocenters. The van der Waals surface area contributed by atoms with Crippen LogP contribution in [0.1, 0.15) is 43.4 Å². The SMILES string of the molecule is O=C1NC(=S)SC1=Cc1cc2cncc(C#CC3CCCCC3)c2o1. The second-order valence-electron chi connectivity index (χ2n) is 6.21. The number of nitrogens with zero attached hydrogens (tertiary/aromatic N) is 1. The highest BCUT2D eigenvalue weighted by Gasteiger charge is 2.22. The molecule has 1 aliphatic heterocycles. The van der Waals surface area contributed by atoms with E-state index in [-0.39, 0.29) is 5.91 Å². The van der Waals surface area contributed by atoms with E-state index in [4.69, 9.17) is 16.6 Å². The summed E-state index contributed by atoms with van der Waals surface area (Å²) in [6, 6.07) is 1.87. The number of aromatic nitrogens is 1. The van der Waals surface area contributed by atoms with Gasteiger partial charge < -0.3 is 9.73 Å². The summed E-state index contributed by atoms with van der Waals surface area (Å²) in [5.74, 6) is 7.51. The van der Waals surface area contributed by atoms with Crippen LogP contribution in [0.3, 0.4) is 0 Å². The molecule has 2 fully saturated rings. The number of carbonyl (C=O) groups excluding carboxylic acids is 1. The minimum atomic E-state index is -0.189. The summed E-state index contributed by atoms with van der Waals surface area (Å²) < 4.78 is 6.39. The van der Waals surface area contributed by atoms with Gasteiger partial charge in [-0.1, -0.05) is 55.1 Å². The summed E-state index contributed by atoms with van der Waals surface area (Å²) in [6.45, 7) is 0. The van der Waals surface area contributed by atoms with Crippen molar-refractivity contribution in [2.24, 2.45) is 5.92 Å². The first-order chi connectivity index (χ1) is 12.2. The monoisotopic (exact) mass is 368 g/mol. The van der Waals surface area contributed by atoms with Crippen LogP contribution in [0.4, 0.5) is 0 Å². The number of carbonyl (C=O) groups is 1. The van der Waals surface area contributed by atoms with Gasteiger partial charge in [-0.05, 0) is 18.9 Å². The number of furan rings is 1. The molecule has 1 aliphatic carbocycles. The van der Waals surface area contributed by atoms with Gasteiger partial charge in [-0.15, -0.1) is 0 Å². The van der Waals surface area contributed by atoms with E-state index in [1.807, 2.05) is 6.07 Å². The molecule has 0 radical (unpaired) electrons. The molecule has 4 nitrogen and oxygen atoms in total. The Hall–Kier alpha value is -2.10. The highest BCUT2D eigenvalue weighted by molar-refractivity contribution is 8.26. The lowest BCUT2D eigenvalue weighted by molar-refractivity contribution is -0.115. The average Bonchev–Trinajstić information content (AvgIpc) is 3.16. The molecule has 1 saturated carbocycles. The Morgan fingerprint density at radius 1 is 1.32 bits per heavy atom. The molecule has 4 rings (SSSR count). The number of thioether (sulfide) groups is 1. The average molecular weight is 368 g/mol. The number of fused-ring (bicyclic) bond motifs is 1. The summed E-state index contributed by atoms with van der Waals surface area (Å²) in [4.78, 5) is 16.6. The van der Waals surface area contributed by atoms with E-state index in [1.54, 1.807) is 18.5 Å². The molecular weight excluding hydrogens is 352 g/mol. The van der Waals surface area contributed by atoms with Gasteiger partial charge in [-0.2, -0.15) is 0 Å². The first-order valence-corrected chi connectivity index (χ1v) is 9.55. The molecule has 3 heterocycles. The molecule has 1 saturated heterocycles. The fraction of sp³-hybridized carbons (Fsp3) is 0.316. The fourth-order valence-electron chi connectivity index (χ4n) is 3.12. The first kappa shape index (κ1) is 16.4. The number of nitrogens with one attached hydrogen (secondary N) is 1. The maximum absolute atomic E-state index is 11.8. The van der Waals surface area contributed by atoms with Crippen molar-refractivity contribution >= 4 is 51.3 Å². The minimum Gasteiger partial charge on any atom is -0.455 e. The predicted octanol–water partition coefficient (Wildman–Crippen LogP) is 4.25. The molecule has 126 valence electrons. The smallest absolute Gasteiger partial charge is 0.263 e. The topological polar surface area (TPSA) is 55.1 Å². The molecule has 1 amide bonds. The summed E-state index contributed by atoms with van der Waals surface area (Å²) in [6.07, 6.45) is 11.4. The van der Waals surface area contributed by atoms with Crippen LogP contribution >= 0.6 is 24.0 Å². The summed E-state index contributed by atoms with van der Waals surface area (Å²) >= 11 is 6.24. The highest BCUT2D eigenvalue weighted by atomic mass is 32.2. The van der Waals surface area contributed by atoms with Crippen LogP contribution in [-0.2, 0) is 4.79 Å². The Bertz CT molecular complexity index is 943. The summed E-state index contributed by atoms with van der Waals surface area (Å²) in [5, 5.41) is 3.48. The van der Waals surface area contributed by atoms with E-state index in [0.717, 1.165) is 16.5 Å². The molecule has 0 atom stereocenters. The fourth-order valence-corrected chi connectivity index (χ4v) is 4.14. The number of thiocarbonyl (C=S) groups is 1. The quantitative estimate of drug-likeness (QED) is 0.463. The third-order valence-corrected chi connectivity index (χ3v) is 5.54. The van der Waals surface area contributed by atoms with Gasteiger partial charge in [-0.3, -0.25) is 9.78 Å². The molecular formula is C19H16N2O2S2. The van der Waals surface area contributed by atoms with E-state index in [2.05, 4.69) is 22.1 Å². The number of amides is 1. The van der Waals surface area contributed by atoms with Crippen molar-refractivity contribution in [3.8, 4) is 11.8 Å². The molecule has 6 heteroatoms. The van der Waals surface area contributed by atoms with E-state index < -0.39 is 0 Å². The van der Waals surface area contributed by atoms with E-state index >= 15 is 0 Å². The van der Waals surface area contributed by atoms with Crippen molar-refractivity contribution in [2.75, 3.05) is 0 Å². The van der Waals surface area contributed by atoms with Gasteiger partial charge in [0.15, 0.2) is 5.58 Å². The number of hydrogen-bond acceptors (Lipinski definition) is 5. The maximum Gasteiger partial charge on any atom is 0.263 e. The van der Waals surface area contributed by atoms with Crippen molar-refractivity contribution in [1.29, 1.82) is 0 Å². The van der Waals surface area contributed by atoms with Gasteiger partial charge in [0, 0.05) is 29.8 Å². The zero-order chi connectivity index (χ0) is 17.2. The lowest BCUT2D eigenvalue weighted by atomic mass is 9.90. The Balaban J connectivity index is 1.65. The van der Waals surface area contributed by atoms with E-state index in [0.29, 0.717) is 20.9 Å². The number of rotatable bonds is 1. The zero-order valence-corrected chi connectivity index (χ0v) is 15.1. The molecule has 0 aromatic carbocycles. The largest absolute Gasteiger partial charge is 0.455 e. The molecule has 0 spiro atoms. The molecule has 2 aromatic rings. The molecule has 2 aromatic heterocycles. The molecule has 2 aliphatic rings. The molecule has 0 bridgehead atoms. The third-order valence-electron chi connectivity index (χ3n) is 4.37. The van der Waals surface area contributed by atoms with Crippen molar-refractivity contribution in [2.45, 2.75) is 32.1 Å². The second kappa shape index (κ2) is 7.03. The van der Waals surface area contributed by atoms with Crippen LogP contribution < -0.4 is 5.32 Å². The van der Waals surface area contributed by atoms with Crippen molar-refractivity contribution in [3.63, 3.8) is 0 Å². The summed E-state index contributed by atoms with van der Waals surface area (Å²) in [7, 11) is 0. The van der Waals surface area contributed by atoms with Crippen LogP contribution in [0.5, 0.6) is 0 Å². The number of hydrogen-bond donors (Lipinski definition) is 1. The predicted molar refractivity (Wildman–Crippen MR) is 104 cm³/mol. The first-order valence-electron chi connectivity index (χ1n) is 8.33. The van der Waals surface area contributed by atoms with Crippen LogP contribution in [0.15, 0.2) is 27.8 Å². The highest BCUT2D eigenvalue weighted by Crippen LogP contribution is 2.29. The normalized spacial score (nSPS) is 19.9. The Morgan fingerprint density at radius 2 is 2.16 bits per heavy atom. The molecule has 25 heavy (non-hydrogen) atoms. The Labute approximate surface area is 155 Å². The van der Waals surface area contributed by atoms with E-state index in [9.17, 15) is 4.79 Å². The van der Waals surface area contributed by atoms with E-state index in [1.165, 1.54) is 43.9 Å². The molecule has 1 N–H and O–H groups in total. The van der Waals surface area contributed by atoms with Crippen LogP contribution in [0, 0.1) is 17.8 Å². The standard InChI is InChI=1S/C19H16N2O2S2/c22-18-16(25-19(24)21-18)9-15-8-14-11-20-10-13(17(14)23-15)7-6-12-4-2-1-3-5-12/h8-12H,1-5H2,(H,21,22,24). The maximum atomic E-state index is 11.8. The van der Waals surface area contributed by atoms with Crippen LogP contribution in [0.25, 0.3) is 17.0 Å². The number of pyridine rings is 1. The van der Waals surface area contributed by atoms with Gasteiger partial charge in [-0.25, -0.2) is 0 Å². The minimum absolute atomic E-state index is 0.189. The van der Waals surface area contributed by atoms with Gasteiger partial charge in [0.25, 0.3) is 5.91 Å². The van der Waals surface area contributed by atoms with Crippen molar-refractivity contribution in [3.05, 3.63) is 34.7 Å². The van der Waals surface area contributed by atoms with Gasteiger partial charge >= 0.3 is 0 Å².